The van der Waals surface area contributed by atoms with Gasteiger partial charge in [-0.25, -0.2) is 4.39 Å². The molecule has 2 aromatic rings. The minimum absolute atomic E-state index is 0.247. The van der Waals surface area contributed by atoms with Gasteiger partial charge in [-0.1, -0.05) is 6.07 Å². The zero-order valence-electron chi connectivity index (χ0n) is 11.4. The zero-order valence-corrected chi connectivity index (χ0v) is 11.4. The molecular formula is C15H13BFNO3. The largest absolute Gasteiger partial charge is 0.491 e. The number of fused-ring (bicyclic) bond motifs is 1. The summed E-state index contributed by atoms with van der Waals surface area (Å²) < 4.78 is 18.0. The van der Waals surface area contributed by atoms with Crippen molar-refractivity contribution in [2.75, 3.05) is 11.9 Å². The Hall–Kier alpha value is -2.18. The van der Waals surface area contributed by atoms with Crippen LogP contribution in [0, 0.1) is 5.82 Å². The van der Waals surface area contributed by atoms with Crippen molar-refractivity contribution in [3.8, 4) is 0 Å². The van der Waals surface area contributed by atoms with E-state index in [2.05, 4.69) is 0 Å². The van der Waals surface area contributed by atoms with Crippen molar-refractivity contribution in [1.82, 2.24) is 0 Å². The minimum Gasteiger partial charge on any atom is -0.423 e. The van der Waals surface area contributed by atoms with Crippen LogP contribution in [0.3, 0.4) is 0 Å². The lowest BCUT2D eigenvalue weighted by Gasteiger charge is -2.18. The maximum Gasteiger partial charge on any atom is 0.491 e. The molecule has 1 aliphatic rings. The van der Waals surface area contributed by atoms with Crippen molar-refractivity contribution in [1.29, 1.82) is 0 Å². The van der Waals surface area contributed by atoms with Crippen LogP contribution in [0.1, 0.15) is 15.9 Å². The van der Waals surface area contributed by atoms with E-state index in [1.165, 1.54) is 29.2 Å². The van der Waals surface area contributed by atoms with Gasteiger partial charge in [-0.2, -0.15) is 0 Å². The van der Waals surface area contributed by atoms with E-state index in [-0.39, 0.29) is 11.7 Å². The maximum atomic E-state index is 12.9. The molecule has 0 bridgehead atoms. The molecule has 2 aromatic carbocycles. The summed E-state index contributed by atoms with van der Waals surface area (Å²) in [6.07, 6.45) is 0. The normalized spacial score (nSPS) is 13.2. The Bertz CT molecular complexity index is 690. The van der Waals surface area contributed by atoms with Gasteiger partial charge >= 0.3 is 7.12 Å². The summed E-state index contributed by atoms with van der Waals surface area (Å²) in [6, 6.07) is 10.7. The second-order valence-corrected chi connectivity index (χ2v) is 4.92. The molecule has 1 aliphatic heterocycles. The maximum absolute atomic E-state index is 12.9. The molecule has 0 aromatic heterocycles. The number of halogens is 1. The molecule has 1 N–H and O–H groups in total. The van der Waals surface area contributed by atoms with Gasteiger partial charge in [0, 0.05) is 18.3 Å². The monoisotopic (exact) mass is 285 g/mol. The summed E-state index contributed by atoms with van der Waals surface area (Å²) in [5.41, 5.74) is 2.63. The summed E-state index contributed by atoms with van der Waals surface area (Å²) in [4.78, 5) is 13.8. The molecule has 0 radical (unpaired) electrons. The first-order valence-corrected chi connectivity index (χ1v) is 6.52. The van der Waals surface area contributed by atoms with Crippen molar-refractivity contribution < 1.29 is 18.9 Å². The number of anilines is 1. The first-order chi connectivity index (χ1) is 10.1. The molecule has 4 nitrogen and oxygen atoms in total. The van der Waals surface area contributed by atoms with E-state index < -0.39 is 7.12 Å². The average molecular weight is 285 g/mol. The molecule has 1 amide bonds. The minimum atomic E-state index is -0.950. The highest BCUT2D eigenvalue weighted by Crippen LogP contribution is 2.19. The Labute approximate surface area is 121 Å². The van der Waals surface area contributed by atoms with Crippen molar-refractivity contribution in [3.05, 3.63) is 59.4 Å². The molecule has 6 heteroatoms. The number of rotatable bonds is 2. The third-order valence-corrected chi connectivity index (χ3v) is 3.58. The molecule has 106 valence electrons. The Morgan fingerprint density at radius 1 is 1.29 bits per heavy atom. The molecule has 1 heterocycles. The Balaban J connectivity index is 1.88. The standard InChI is InChI=1S/C15H13BFNO3/c1-18(15(19)10-2-5-12(17)6-3-10)13-7-4-11-9-21-16(20)14(11)8-13/h2-8,20H,9H2,1H3. The molecular weight excluding hydrogens is 272 g/mol. The van der Waals surface area contributed by atoms with Gasteiger partial charge in [-0.05, 0) is 47.4 Å². The molecule has 0 saturated carbocycles. The molecule has 0 fully saturated rings. The van der Waals surface area contributed by atoms with Gasteiger partial charge in [-0.15, -0.1) is 0 Å². The molecule has 0 aliphatic carbocycles. The SMILES string of the molecule is CN(C(=O)c1ccc(F)cc1)c1ccc2c(c1)B(O)OC2. The molecule has 21 heavy (non-hydrogen) atoms. The number of nitrogens with zero attached hydrogens (tertiary/aromatic N) is 1. The summed E-state index contributed by atoms with van der Waals surface area (Å²) in [7, 11) is 0.685. The Morgan fingerprint density at radius 3 is 2.71 bits per heavy atom. The fourth-order valence-electron chi connectivity index (χ4n) is 2.31. The molecule has 3 rings (SSSR count). The highest BCUT2D eigenvalue weighted by Gasteiger charge is 2.28. The molecule has 0 unspecified atom stereocenters. The lowest BCUT2D eigenvalue weighted by Crippen LogP contribution is -2.31. The number of carbonyl (C=O) groups excluding carboxylic acids is 1. The molecule has 0 saturated heterocycles. The van der Waals surface area contributed by atoms with E-state index in [1.54, 1.807) is 19.2 Å². The average Bonchev–Trinajstić information content (AvgIpc) is 2.87. The van der Waals surface area contributed by atoms with Crippen LogP contribution in [-0.4, -0.2) is 25.1 Å². The van der Waals surface area contributed by atoms with Gasteiger partial charge in [-0.3, -0.25) is 4.79 Å². The Morgan fingerprint density at radius 2 is 2.00 bits per heavy atom. The van der Waals surface area contributed by atoms with Crippen LogP contribution in [0.4, 0.5) is 10.1 Å². The first-order valence-electron chi connectivity index (χ1n) is 6.52. The fourth-order valence-corrected chi connectivity index (χ4v) is 2.31. The van der Waals surface area contributed by atoms with Crippen molar-refractivity contribution in [2.24, 2.45) is 0 Å². The third-order valence-electron chi connectivity index (χ3n) is 3.58. The highest BCUT2D eigenvalue weighted by atomic mass is 19.1. The van der Waals surface area contributed by atoms with Crippen LogP contribution in [-0.2, 0) is 11.3 Å². The van der Waals surface area contributed by atoms with Crippen molar-refractivity contribution >= 4 is 24.2 Å². The predicted octanol–water partition coefficient (Wildman–Crippen LogP) is 1.32. The number of hydrogen-bond donors (Lipinski definition) is 1. The predicted molar refractivity (Wildman–Crippen MR) is 78.0 cm³/mol. The van der Waals surface area contributed by atoms with Gasteiger partial charge in [0.2, 0.25) is 0 Å². The summed E-state index contributed by atoms with van der Waals surface area (Å²) in [5.74, 6) is -0.629. The van der Waals surface area contributed by atoms with Crippen LogP contribution in [0.25, 0.3) is 0 Å². The third kappa shape index (κ3) is 2.55. The summed E-state index contributed by atoms with van der Waals surface area (Å²) in [5, 5.41) is 9.71. The van der Waals surface area contributed by atoms with Gasteiger partial charge in [0.25, 0.3) is 5.91 Å². The van der Waals surface area contributed by atoms with Crippen molar-refractivity contribution in [2.45, 2.75) is 6.61 Å². The number of benzene rings is 2. The van der Waals surface area contributed by atoms with Gasteiger partial charge < -0.3 is 14.6 Å². The second-order valence-electron chi connectivity index (χ2n) is 4.92. The molecule has 0 atom stereocenters. The number of carbonyl (C=O) groups is 1. The van der Waals surface area contributed by atoms with Crippen LogP contribution in [0.5, 0.6) is 0 Å². The van der Waals surface area contributed by atoms with Gasteiger partial charge in [0.1, 0.15) is 5.82 Å². The van der Waals surface area contributed by atoms with E-state index in [0.717, 1.165) is 5.56 Å². The van der Waals surface area contributed by atoms with Crippen LogP contribution >= 0.6 is 0 Å². The zero-order chi connectivity index (χ0) is 15.0. The van der Waals surface area contributed by atoms with Crippen LogP contribution < -0.4 is 10.4 Å². The van der Waals surface area contributed by atoms with Crippen LogP contribution in [0.15, 0.2) is 42.5 Å². The topological polar surface area (TPSA) is 49.8 Å². The van der Waals surface area contributed by atoms with Crippen molar-refractivity contribution in [3.63, 3.8) is 0 Å². The smallest absolute Gasteiger partial charge is 0.423 e. The lowest BCUT2D eigenvalue weighted by atomic mass is 9.79. The quantitative estimate of drug-likeness (QED) is 0.847. The first kappa shape index (κ1) is 13.8. The van der Waals surface area contributed by atoms with E-state index in [0.29, 0.717) is 23.3 Å². The highest BCUT2D eigenvalue weighted by molar-refractivity contribution is 6.61. The number of hydrogen-bond acceptors (Lipinski definition) is 3. The second kappa shape index (κ2) is 5.31. The van der Waals surface area contributed by atoms with Gasteiger partial charge in [0.05, 0.1) is 6.61 Å². The summed E-state index contributed by atoms with van der Waals surface area (Å²) in [6.45, 7) is 0.367. The van der Waals surface area contributed by atoms with Gasteiger partial charge in [0.15, 0.2) is 0 Å². The van der Waals surface area contributed by atoms with E-state index in [4.69, 9.17) is 4.65 Å². The Kier molecular flexibility index (Phi) is 3.49. The molecule has 0 spiro atoms. The summed E-state index contributed by atoms with van der Waals surface area (Å²) >= 11 is 0. The van der Waals surface area contributed by atoms with E-state index in [1.807, 2.05) is 6.07 Å². The van der Waals surface area contributed by atoms with E-state index in [9.17, 15) is 14.2 Å². The number of amides is 1. The lowest BCUT2D eigenvalue weighted by molar-refractivity contribution is 0.0993. The van der Waals surface area contributed by atoms with E-state index >= 15 is 0 Å². The van der Waals surface area contributed by atoms with Crippen LogP contribution in [0.2, 0.25) is 0 Å². The fraction of sp³-hybridized carbons (Fsp3) is 0.133.